The molecule has 2 amide bonds. The van der Waals surface area contributed by atoms with Gasteiger partial charge in [0.1, 0.15) is 0 Å². The molecule has 0 saturated carbocycles. The maximum Gasteiger partial charge on any atom is 0.317 e. The van der Waals surface area contributed by atoms with Gasteiger partial charge in [-0.2, -0.15) is 4.98 Å². The first-order chi connectivity index (χ1) is 11.8. The molecule has 1 aliphatic rings. The fraction of sp³-hybridized carbons (Fsp3) is 0.824. The first-order valence-corrected chi connectivity index (χ1v) is 8.88. The van der Waals surface area contributed by atoms with Gasteiger partial charge in [-0.1, -0.05) is 19.0 Å². The van der Waals surface area contributed by atoms with Gasteiger partial charge in [-0.25, -0.2) is 4.79 Å². The highest BCUT2D eigenvalue weighted by Gasteiger charge is 2.28. The molecule has 1 fully saturated rings. The number of piperazine rings is 1. The van der Waals surface area contributed by atoms with Gasteiger partial charge in [-0.15, -0.1) is 0 Å². The van der Waals surface area contributed by atoms with Crippen molar-refractivity contribution in [2.75, 3.05) is 46.4 Å². The topological polar surface area (TPSA) is 83.7 Å². The van der Waals surface area contributed by atoms with Crippen molar-refractivity contribution in [3.63, 3.8) is 0 Å². The van der Waals surface area contributed by atoms with Crippen molar-refractivity contribution < 1.29 is 14.1 Å². The molecule has 1 unspecified atom stereocenters. The van der Waals surface area contributed by atoms with Crippen LogP contribution in [-0.4, -0.2) is 72.4 Å². The Hall–Kier alpha value is -1.67. The van der Waals surface area contributed by atoms with E-state index in [1.54, 1.807) is 7.11 Å². The molecule has 1 aromatic heterocycles. The molecule has 0 spiro atoms. The van der Waals surface area contributed by atoms with Crippen molar-refractivity contribution in [1.29, 1.82) is 0 Å². The Morgan fingerprint density at radius 3 is 2.60 bits per heavy atom. The fourth-order valence-electron chi connectivity index (χ4n) is 2.84. The van der Waals surface area contributed by atoms with Gasteiger partial charge in [0.05, 0.1) is 6.04 Å². The molecule has 0 aliphatic carbocycles. The number of methoxy groups -OCH3 is 1. The van der Waals surface area contributed by atoms with Gasteiger partial charge in [0.25, 0.3) is 0 Å². The van der Waals surface area contributed by atoms with E-state index < -0.39 is 0 Å². The number of ether oxygens (including phenoxy) is 1. The molecule has 25 heavy (non-hydrogen) atoms. The first kappa shape index (κ1) is 19.7. The van der Waals surface area contributed by atoms with Crippen molar-refractivity contribution >= 4 is 6.03 Å². The predicted octanol–water partition coefficient (Wildman–Crippen LogP) is 1.83. The number of urea groups is 1. The van der Waals surface area contributed by atoms with Crippen LogP contribution in [0.4, 0.5) is 4.79 Å². The summed E-state index contributed by atoms with van der Waals surface area (Å²) in [6.07, 6.45) is 0.915. The zero-order chi connectivity index (χ0) is 18.4. The molecule has 0 aromatic carbocycles. The van der Waals surface area contributed by atoms with Crippen LogP contribution in [0.3, 0.4) is 0 Å². The van der Waals surface area contributed by atoms with E-state index in [1.165, 1.54) is 0 Å². The lowest BCUT2D eigenvalue weighted by Crippen LogP contribution is -2.53. The van der Waals surface area contributed by atoms with Crippen LogP contribution >= 0.6 is 0 Å². The van der Waals surface area contributed by atoms with E-state index in [2.05, 4.69) is 41.1 Å². The standard InChI is InChI=1S/C17H31N5O3/c1-13(15-19-14(2)20-25-15)21-7-9-22(10-8-21)16(23)18-12-17(3,4)6-11-24-5/h13H,6-12H2,1-5H3,(H,18,23). The summed E-state index contributed by atoms with van der Waals surface area (Å²) >= 11 is 0. The second kappa shape index (κ2) is 8.62. The molecule has 1 saturated heterocycles. The number of nitrogens with one attached hydrogen (secondary N) is 1. The molecule has 2 heterocycles. The van der Waals surface area contributed by atoms with Gasteiger partial charge in [0.2, 0.25) is 5.89 Å². The molecule has 1 atom stereocenters. The number of hydrogen-bond acceptors (Lipinski definition) is 6. The summed E-state index contributed by atoms with van der Waals surface area (Å²) in [5.74, 6) is 1.28. The molecule has 0 radical (unpaired) electrons. The second-order valence-corrected chi connectivity index (χ2v) is 7.44. The second-order valence-electron chi connectivity index (χ2n) is 7.44. The molecule has 8 nitrogen and oxygen atoms in total. The molecule has 1 aliphatic heterocycles. The van der Waals surface area contributed by atoms with Crippen LogP contribution in [0.25, 0.3) is 0 Å². The van der Waals surface area contributed by atoms with Crippen molar-refractivity contribution in [1.82, 2.24) is 25.3 Å². The van der Waals surface area contributed by atoms with Crippen LogP contribution < -0.4 is 5.32 Å². The van der Waals surface area contributed by atoms with E-state index in [0.29, 0.717) is 38.0 Å². The third-order valence-corrected chi connectivity index (χ3v) is 4.75. The molecule has 142 valence electrons. The van der Waals surface area contributed by atoms with Crippen molar-refractivity contribution in [3.8, 4) is 0 Å². The van der Waals surface area contributed by atoms with Crippen LogP contribution in [0.1, 0.15) is 44.9 Å². The monoisotopic (exact) mass is 353 g/mol. The van der Waals surface area contributed by atoms with Gasteiger partial charge < -0.3 is 19.5 Å². The lowest BCUT2D eigenvalue weighted by molar-refractivity contribution is 0.0978. The third kappa shape index (κ3) is 5.67. The highest BCUT2D eigenvalue weighted by Crippen LogP contribution is 2.21. The van der Waals surface area contributed by atoms with E-state index in [-0.39, 0.29) is 17.5 Å². The van der Waals surface area contributed by atoms with E-state index in [4.69, 9.17) is 9.26 Å². The molecule has 2 rings (SSSR count). The molecular formula is C17H31N5O3. The van der Waals surface area contributed by atoms with Gasteiger partial charge >= 0.3 is 6.03 Å². The van der Waals surface area contributed by atoms with Crippen molar-refractivity contribution in [2.45, 2.75) is 40.2 Å². The number of carbonyl (C=O) groups is 1. The third-order valence-electron chi connectivity index (χ3n) is 4.75. The minimum absolute atomic E-state index is 0.00595. The summed E-state index contributed by atoms with van der Waals surface area (Å²) in [5, 5.41) is 6.90. The molecule has 1 aromatic rings. The normalized spacial score (nSPS) is 17.6. The minimum Gasteiger partial charge on any atom is -0.385 e. The van der Waals surface area contributed by atoms with Gasteiger partial charge in [-0.05, 0) is 25.7 Å². The maximum atomic E-state index is 12.4. The van der Waals surface area contributed by atoms with E-state index in [1.807, 2.05) is 11.8 Å². The van der Waals surface area contributed by atoms with Crippen LogP contribution in [-0.2, 0) is 4.74 Å². The molecular weight excluding hydrogens is 322 g/mol. The highest BCUT2D eigenvalue weighted by molar-refractivity contribution is 5.74. The zero-order valence-corrected chi connectivity index (χ0v) is 16.0. The highest BCUT2D eigenvalue weighted by atomic mass is 16.5. The van der Waals surface area contributed by atoms with Crippen molar-refractivity contribution in [2.24, 2.45) is 5.41 Å². The van der Waals surface area contributed by atoms with Crippen LogP contribution in [0, 0.1) is 12.3 Å². The summed E-state index contributed by atoms with van der Waals surface area (Å²) in [5.41, 5.74) is 0.0256. The number of nitrogens with zero attached hydrogens (tertiary/aromatic N) is 4. The average Bonchev–Trinajstić information content (AvgIpc) is 3.04. The van der Waals surface area contributed by atoms with Gasteiger partial charge in [-0.3, -0.25) is 4.90 Å². The SMILES string of the molecule is COCCC(C)(C)CNC(=O)N1CCN(C(C)c2nc(C)no2)CC1. The number of aromatic nitrogens is 2. The number of aryl methyl sites for hydroxylation is 1. The minimum atomic E-state index is 0.00595. The van der Waals surface area contributed by atoms with Crippen LogP contribution in [0.5, 0.6) is 0 Å². The quantitative estimate of drug-likeness (QED) is 0.805. The number of rotatable bonds is 7. The first-order valence-electron chi connectivity index (χ1n) is 8.88. The molecule has 8 heteroatoms. The summed E-state index contributed by atoms with van der Waals surface area (Å²) in [6, 6.07) is 0.0748. The maximum absolute atomic E-state index is 12.4. The summed E-state index contributed by atoms with van der Waals surface area (Å²) in [6.45, 7) is 12.5. The van der Waals surface area contributed by atoms with E-state index in [0.717, 1.165) is 19.5 Å². The number of carbonyl (C=O) groups excluding carboxylic acids is 1. The Morgan fingerprint density at radius 1 is 1.36 bits per heavy atom. The van der Waals surface area contributed by atoms with Crippen LogP contribution in [0.2, 0.25) is 0 Å². The van der Waals surface area contributed by atoms with E-state index in [9.17, 15) is 4.79 Å². The summed E-state index contributed by atoms with van der Waals surface area (Å²) in [7, 11) is 1.70. The average molecular weight is 353 g/mol. The number of amides is 2. The summed E-state index contributed by atoms with van der Waals surface area (Å²) < 4.78 is 10.4. The smallest absolute Gasteiger partial charge is 0.317 e. The lowest BCUT2D eigenvalue weighted by Gasteiger charge is -2.37. The summed E-state index contributed by atoms with van der Waals surface area (Å²) in [4.78, 5) is 20.8. The number of hydrogen-bond donors (Lipinski definition) is 1. The Kier molecular flexibility index (Phi) is 6.78. The Balaban J connectivity index is 1.76. The fourth-order valence-corrected chi connectivity index (χ4v) is 2.84. The Labute approximate surface area is 149 Å². The van der Waals surface area contributed by atoms with Gasteiger partial charge in [0.15, 0.2) is 5.82 Å². The van der Waals surface area contributed by atoms with E-state index >= 15 is 0 Å². The zero-order valence-electron chi connectivity index (χ0n) is 16.0. The van der Waals surface area contributed by atoms with Gasteiger partial charge in [0, 0.05) is 46.4 Å². The Bertz CT molecular complexity index is 552. The molecule has 0 bridgehead atoms. The largest absolute Gasteiger partial charge is 0.385 e. The molecule has 1 N–H and O–H groups in total. The van der Waals surface area contributed by atoms with Crippen LogP contribution in [0.15, 0.2) is 4.52 Å². The van der Waals surface area contributed by atoms with Crippen molar-refractivity contribution in [3.05, 3.63) is 11.7 Å². The Morgan fingerprint density at radius 2 is 2.04 bits per heavy atom. The predicted molar refractivity (Wildman–Crippen MR) is 94.3 cm³/mol. The lowest BCUT2D eigenvalue weighted by atomic mass is 9.90.